The Morgan fingerprint density at radius 2 is 2.08 bits per heavy atom. The highest BCUT2D eigenvalue weighted by atomic mass is 19.4. The van der Waals surface area contributed by atoms with Crippen molar-refractivity contribution in [1.82, 2.24) is 0 Å². The van der Waals surface area contributed by atoms with Crippen LogP contribution in [0.15, 0.2) is 5.11 Å². The fraction of sp³-hybridized carbons (Fsp3) is 1.00. The van der Waals surface area contributed by atoms with Crippen molar-refractivity contribution < 1.29 is 13.2 Å². The molecule has 1 unspecified atom stereocenters. The van der Waals surface area contributed by atoms with E-state index in [9.17, 15) is 13.2 Å². The molecule has 0 bridgehead atoms. The first kappa shape index (κ1) is 11.1. The average molecular weight is 181 g/mol. The van der Waals surface area contributed by atoms with Crippen LogP contribution in [0.2, 0.25) is 0 Å². The number of nitrogens with zero attached hydrogens (tertiary/aromatic N) is 3. The van der Waals surface area contributed by atoms with Gasteiger partial charge in [0.2, 0.25) is 0 Å². The first-order valence-electron chi connectivity index (χ1n) is 3.60. The molecule has 6 heteroatoms. The molecule has 0 aliphatic heterocycles. The molecule has 0 rings (SSSR count). The van der Waals surface area contributed by atoms with Gasteiger partial charge in [0.05, 0.1) is 6.42 Å². The van der Waals surface area contributed by atoms with Crippen molar-refractivity contribution in [2.24, 2.45) is 5.11 Å². The van der Waals surface area contributed by atoms with Crippen LogP contribution in [-0.2, 0) is 0 Å². The second kappa shape index (κ2) is 4.87. The molecule has 3 nitrogen and oxygen atoms in total. The zero-order valence-corrected chi connectivity index (χ0v) is 6.67. The predicted octanol–water partition coefficient (Wildman–Crippen LogP) is 3.42. The molecule has 70 valence electrons. The lowest BCUT2D eigenvalue weighted by molar-refractivity contribution is -0.138. The number of hydrogen-bond acceptors (Lipinski definition) is 1. The van der Waals surface area contributed by atoms with Gasteiger partial charge in [-0.1, -0.05) is 18.5 Å². The minimum atomic E-state index is -4.24. The van der Waals surface area contributed by atoms with Gasteiger partial charge in [-0.3, -0.25) is 0 Å². The third-order valence-electron chi connectivity index (χ3n) is 1.30. The van der Waals surface area contributed by atoms with Gasteiger partial charge >= 0.3 is 6.18 Å². The second-order valence-electron chi connectivity index (χ2n) is 2.47. The molecule has 0 aromatic heterocycles. The maximum absolute atomic E-state index is 11.8. The fourth-order valence-corrected chi connectivity index (χ4v) is 0.874. The van der Waals surface area contributed by atoms with Gasteiger partial charge in [-0.05, 0) is 12.0 Å². The first-order valence-corrected chi connectivity index (χ1v) is 3.60. The standard InChI is InChI=1S/C6H10F3N3/c1-2-3-5(11-12-10)4-6(7,8)9/h5H,2-4H2,1H3. The Kier molecular flexibility index (Phi) is 4.51. The van der Waals surface area contributed by atoms with Gasteiger partial charge in [0.25, 0.3) is 0 Å². The quantitative estimate of drug-likeness (QED) is 0.362. The maximum Gasteiger partial charge on any atom is 0.389 e. The van der Waals surface area contributed by atoms with Crippen molar-refractivity contribution in [2.75, 3.05) is 0 Å². The molecule has 0 spiro atoms. The summed E-state index contributed by atoms with van der Waals surface area (Å²) in [5.41, 5.74) is 7.95. The van der Waals surface area contributed by atoms with Crippen LogP contribution < -0.4 is 0 Å². The van der Waals surface area contributed by atoms with E-state index in [1.807, 2.05) is 0 Å². The summed E-state index contributed by atoms with van der Waals surface area (Å²) < 4.78 is 35.3. The van der Waals surface area contributed by atoms with E-state index in [2.05, 4.69) is 10.0 Å². The van der Waals surface area contributed by atoms with Crippen molar-refractivity contribution in [3.8, 4) is 0 Å². The Labute approximate surface area is 68.2 Å². The second-order valence-corrected chi connectivity index (χ2v) is 2.47. The van der Waals surface area contributed by atoms with Crippen LogP contribution in [0, 0.1) is 0 Å². The molecule has 0 radical (unpaired) electrons. The highest BCUT2D eigenvalue weighted by molar-refractivity contribution is 4.70. The summed E-state index contributed by atoms with van der Waals surface area (Å²) in [6.07, 6.45) is -4.40. The third-order valence-corrected chi connectivity index (χ3v) is 1.30. The lowest BCUT2D eigenvalue weighted by Gasteiger charge is -2.11. The topological polar surface area (TPSA) is 48.8 Å². The van der Waals surface area contributed by atoms with Crippen LogP contribution in [0.25, 0.3) is 10.4 Å². The molecule has 0 N–H and O–H groups in total. The molecule has 0 aliphatic carbocycles. The molecule has 0 saturated heterocycles. The van der Waals surface area contributed by atoms with Crippen LogP contribution in [0.1, 0.15) is 26.2 Å². The lowest BCUT2D eigenvalue weighted by atomic mass is 10.1. The Bertz CT molecular complexity index is 171. The van der Waals surface area contributed by atoms with Crippen LogP contribution >= 0.6 is 0 Å². The number of alkyl halides is 3. The Morgan fingerprint density at radius 3 is 2.42 bits per heavy atom. The molecule has 0 aromatic carbocycles. The molecular formula is C6H10F3N3. The van der Waals surface area contributed by atoms with Crippen LogP contribution in [0.4, 0.5) is 13.2 Å². The van der Waals surface area contributed by atoms with Crippen LogP contribution in [0.5, 0.6) is 0 Å². The molecular weight excluding hydrogens is 171 g/mol. The smallest absolute Gasteiger partial charge is 0.171 e. The molecule has 0 amide bonds. The van der Waals surface area contributed by atoms with Crippen molar-refractivity contribution in [3.63, 3.8) is 0 Å². The van der Waals surface area contributed by atoms with Crippen molar-refractivity contribution >= 4 is 0 Å². The normalized spacial score (nSPS) is 13.7. The summed E-state index contributed by atoms with van der Waals surface area (Å²) in [5.74, 6) is 0. The first-order chi connectivity index (χ1) is 5.49. The summed E-state index contributed by atoms with van der Waals surface area (Å²) in [4.78, 5) is 2.36. The van der Waals surface area contributed by atoms with E-state index in [-0.39, 0.29) is 6.42 Å². The maximum atomic E-state index is 11.8. The number of rotatable bonds is 4. The SMILES string of the molecule is CCCC(CC(F)(F)F)N=[N+]=[N-]. The average Bonchev–Trinajstić information content (AvgIpc) is 1.84. The summed E-state index contributed by atoms with van der Waals surface area (Å²) in [5, 5.41) is 3.06. The van der Waals surface area contributed by atoms with E-state index >= 15 is 0 Å². The van der Waals surface area contributed by atoms with Gasteiger partial charge in [-0.25, -0.2) is 0 Å². The highest BCUT2D eigenvalue weighted by Gasteiger charge is 2.30. The van der Waals surface area contributed by atoms with E-state index in [1.165, 1.54) is 0 Å². The molecule has 0 saturated carbocycles. The van der Waals surface area contributed by atoms with Crippen molar-refractivity contribution in [2.45, 2.75) is 38.4 Å². The fourth-order valence-electron chi connectivity index (χ4n) is 0.874. The lowest BCUT2D eigenvalue weighted by Crippen LogP contribution is -2.17. The van der Waals surface area contributed by atoms with E-state index in [0.29, 0.717) is 6.42 Å². The Morgan fingerprint density at radius 1 is 1.50 bits per heavy atom. The number of azide groups is 1. The van der Waals surface area contributed by atoms with Crippen molar-refractivity contribution in [3.05, 3.63) is 10.4 Å². The molecule has 0 fully saturated rings. The molecule has 0 aromatic rings. The van der Waals surface area contributed by atoms with Crippen LogP contribution in [0.3, 0.4) is 0 Å². The van der Waals surface area contributed by atoms with Gasteiger partial charge in [-0.15, -0.1) is 0 Å². The minimum absolute atomic E-state index is 0.281. The summed E-state index contributed by atoms with van der Waals surface area (Å²) in [6.45, 7) is 1.75. The van der Waals surface area contributed by atoms with Crippen LogP contribution in [-0.4, -0.2) is 12.2 Å². The summed E-state index contributed by atoms with van der Waals surface area (Å²) >= 11 is 0. The zero-order chi connectivity index (χ0) is 9.61. The Hall–Kier alpha value is -0.900. The van der Waals surface area contributed by atoms with E-state index < -0.39 is 18.6 Å². The third kappa shape index (κ3) is 5.85. The van der Waals surface area contributed by atoms with E-state index in [1.54, 1.807) is 6.92 Å². The highest BCUT2D eigenvalue weighted by Crippen LogP contribution is 2.24. The zero-order valence-electron chi connectivity index (χ0n) is 6.67. The van der Waals surface area contributed by atoms with Gasteiger partial charge < -0.3 is 0 Å². The van der Waals surface area contributed by atoms with Gasteiger partial charge in [0.1, 0.15) is 0 Å². The number of halogens is 3. The van der Waals surface area contributed by atoms with Gasteiger partial charge in [0.15, 0.2) is 0 Å². The molecule has 12 heavy (non-hydrogen) atoms. The molecule has 1 atom stereocenters. The van der Waals surface area contributed by atoms with E-state index in [4.69, 9.17) is 5.53 Å². The van der Waals surface area contributed by atoms with Crippen molar-refractivity contribution in [1.29, 1.82) is 0 Å². The largest absolute Gasteiger partial charge is 0.389 e. The Balaban J connectivity index is 4.03. The summed E-state index contributed by atoms with van der Waals surface area (Å²) in [7, 11) is 0. The monoisotopic (exact) mass is 181 g/mol. The van der Waals surface area contributed by atoms with Gasteiger partial charge in [0, 0.05) is 11.0 Å². The van der Waals surface area contributed by atoms with Gasteiger partial charge in [-0.2, -0.15) is 13.2 Å². The molecule has 0 aliphatic rings. The minimum Gasteiger partial charge on any atom is -0.171 e. The predicted molar refractivity (Wildman–Crippen MR) is 38.5 cm³/mol. The summed E-state index contributed by atoms with van der Waals surface area (Å²) in [6, 6.07) is -0.944. The van der Waals surface area contributed by atoms with E-state index in [0.717, 1.165) is 0 Å². The number of hydrogen-bond donors (Lipinski definition) is 0. The molecule has 0 heterocycles.